The van der Waals surface area contributed by atoms with Crippen LogP contribution in [0, 0.1) is 46.8 Å². The molecule has 0 heteroatoms. The Kier molecular flexibility index (Phi) is 2.01. The van der Waals surface area contributed by atoms with E-state index >= 15 is 0 Å². The van der Waals surface area contributed by atoms with Gasteiger partial charge in [-0.15, -0.1) is 0 Å². The average molecular weight is 244 g/mol. The van der Waals surface area contributed by atoms with Gasteiger partial charge in [0, 0.05) is 0 Å². The molecule has 18 heavy (non-hydrogen) atoms. The molecular weight excluding hydrogens is 216 g/mol. The Morgan fingerprint density at radius 1 is 1.00 bits per heavy atom. The summed E-state index contributed by atoms with van der Waals surface area (Å²) in [5, 5.41) is 0. The quantitative estimate of drug-likeness (QED) is 0.646. The summed E-state index contributed by atoms with van der Waals surface area (Å²) in [6.45, 7) is 2.61. The Bertz CT molecular complexity index is 364. The van der Waals surface area contributed by atoms with Gasteiger partial charge in [-0.05, 0) is 78.9 Å². The SMILES string of the molecule is CC1C2CC3C(C4CC4)[C@]3(C2)C1CCCC1CC1. The molecule has 100 valence electrons. The van der Waals surface area contributed by atoms with Gasteiger partial charge in [0.15, 0.2) is 0 Å². The van der Waals surface area contributed by atoms with E-state index in [1.165, 1.54) is 17.8 Å². The van der Waals surface area contributed by atoms with E-state index < -0.39 is 0 Å². The summed E-state index contributed by atoms with van der Waals surface area (Å²) in [5.41, 5.74) is 0.925. The molecule has 0 aromatic rings. The number of hydrogen-bond donors (Lipinski definition) is 0. The summed E-state index contributed by atoms with van der Waals surface area (Å²) in [6, 6.07) is 0. The molecule has 0 aromatic heterocycles. The van der Waals surface area contributed by atoms with E-state index in [0.717, 1.165) is 29.1 Å². The van der Waals surface area contributed by atoms with Gasteiger partial charge in [0.25, 0.3) is 0 Å². The lowest BCUT2D eigenvalue weighted by Crippen LogP contribution is -2.21. The molecule has 0 aromatic carbocycles. The molecule has 0 N–H and O–H groups in total. The molecule has 0 nitrogen and oxygen atoms in total. The van der Waals surface area contributed by atoms with Crippen LogP contribution in [-0.2, 0) is 0 Å². The molecule has 1 spiro atoms. The molecule has 0 radical (unpaired) electrons. The Morgan fingerprint density at radius 2 is 1.83 bits per heavy atom. The van der Waals surface area contributed by atoms with Crippen LogP contribution in [0.4, 0.5) is 0 Å². The zero-order valence-corrected chi connectivity index (χ0v) is 11.9. The maximum atomic E-state index is 2.61. The Balaban J connectivity index is 1.31. The summed E-state index contributed by atoms with van der Waals surface area (Å²) in [4.78, 5) is 0. The largest absolute Gasteiger partial charge is 0.0620 e. The van der Waals surface area contributed by atoms with Crippen molar-refractivity contribution in [2.24, 2.45) is 46.8 Å². The third kappa shape index (κ3) is 1.28. The van der Waals surface area contributed by atoms with Crippen LogP contribution in [0.1, 0.15) is 64.7 Å². The highest BCUT2D eigenvalue weighted by Gasteiger charge is 2.78. The van der Waals surface area contributed by atoms with Crippen molar-refractivity contribution < 1.29 is 0 Å². The molecule has 5 unspecified atom stereocenters. The van der Waals surface area contributed by atoms with Crippen molar-refractivity contribution in [3.05, 3.63) is 0 Å². The maximum Gasteiger partial charge on any atom is -0.0199 e. The van der Waals surface area contributed by atoms with Gasteiger partial charge in [0.1, 0.15) is 0 Å². The minimum absolute atomic E-state index is 0.925. The minimum Gasteiger partial charge on any atom is -0.0620 e. The summed E-state index contributed by atoms with van der Waals surface area (Å²) in [5.74, 6) is 8.20. The summed E-state index contributed by atoms with van der Waals surface area (Å²) < 4.78 is 0. The standard InChI is InChI=1S/C18H28/c1-11-14-9-16-17(13-7-8-13)18(16,10-14)15(11)4-2-3-12-5-6-12/h11-17H,2-10H2,1H3/t11?,14?,15?,16?,17?,18-/m1/s1. The van der Waals surface area contributed by atoms with Crippen molar-refractivity contribution in [1.82, 2.24) is 0 Å². The van der Waals surface area contributed by atoms with Crippen molar-refractivity contribution in [1.29, 1.82) is 0 Å². The summed E-state index contributed by atoms with van der Waals surface area (Å²) in [7, 11) is 0. The highest BCUT2D eigenvalue weighted by atomic mass is 14.8. The van der Waals surface area contributed by atoms with Gasteiger partial charge in [-0.25, -0.2) is 0 Å². The highest BCUT2D eigenvalue weighted by molar-refractivity contribution is 5.26. The van der Waals surface area contributed by atoms with E-state index in [4.69, 9.17) is 0 Å². The van der Waals surface area contributed by atoms with Crippen molar-refractivity contribution in [2.75, 3.05) is 0 Å². The smallest absolute Gasteiger partial charge is 0.0199 e. The van der Waals surface area contributed by atoms with Gasteiger partial charge >= 0.3 is 0 Å². The van der Waals surface area contributed by atoms with Crippen LogP contribution in [0.25, 0.3) is 0 Å². The molecule has 0 amide bonds. The lowest BCUT2D eigenvalue weighted by Gasteiger charge is -2.28. The first kappa shape index (κ1) is 10.7. The van der Waals surface area contributed by atoms with Gasteiger partial charge in [0.2, 0.25) is 0 Å². The second-order valence-corrected chi connectivity index (χ2v) is 8.62. The highest BCUT2D eigenvalue weighted by Crippen LogP contribution is 2.84. The van der Waals surface area contributed by atoms with Crippen LogP contribution in [-0.4, -0.2) is 0 Å². The van der Waals surface area contributed by atoms with Crippen LogP contribution in [0.3, 0.4) is 0 Å². The zero-order chi connectivity index (χ0) is 11.9. The van der Waals surface area contributed by atoms with E-state index in [1.807, 2.05) is 0 Å². The predicted molar refractivity (Wildman–Crippen MR) is 74.1 cm³/mol. The van der Waals surface area contributed by atoms with E-state index in [2.05, 4.69) is 6.92 Å². The topological polar surface area (TPSA) is 0 Å². The average Bonchev–Trinajstić information content (AvgIpc) is 3.23. The van der Waals surface area contributed by atoms with E-state index in [1.54, 1.807) is 57.8 Å². The molecular formula is C18H28. The van der Waals surface area contributed by atoms with Crippen molar-refractivity contribution in [2.45, 2.75) is 64.7 Å². The zero-order valence-electron chi connectivity index (χ0n) is 11.9. The fourth-order valence-electron chi connectivity index (χ4n) is 6.77. The molecule has 2 bridgehead atoms. The monoisotopic (exact) mass is 244 g/mol. The fraction of sp³-hybridized carbons (Fsp3) is 1.00. The first-order valence-electron chi connectivity index (χ1n) is 8.80. The second-order valence-electron chi connectivity index (χ2n) is 8.62. The number of fused-ring (bicyclic) bond motifs is 1. The van der Waals surface area contributed by atoms with Crippen molar-refractivity contribution in [3.8, 4) is 0 Å². The lowest BCUT2D eigenvalue weighted by molar-refractivity contribution is 0.205. The minimum atomic E-state index is 0.925. The van der Waals surface area contributed by atoms with Crippen molar-refractivity contribution >= 4 is 0 Å². The van der Waals surface area contributed by atoms with Gasteiger partial charge in [0.05, 0.1) is 0 Å². The van der Waals surface area contributed by atoms with Crippen LogP contribution in [0.2, 0.25) is 0 Å². The Labute approximate surface area is 112 Å². The van der Waals surface area contributed by atoms with Gasteiger partial charge in [-0.2, -0.15) is 0 Å². The predicted octanol–water partition coefficient (Wildman–Crippen LogP) is 4.89. The van der Waals surface area contributed by atoms with Crippen LogP contribution in [0.5, 0.6) is 0 Å². The molecule has 5 rings (SSSR count). The maximum absolute atomic E-state index is 2.61. The van der Waals surface area contributed by atoms with E-state index in [-0.39, 0.29) is 0 Å². The third-order valence-corrected chi connectivity index (χ3v) is 7.83. The third-order valence-electron chi connectivity index (χ3n) is 7.83. The normalized spacial score (nSPS) is 56.8. The van der Waals surface area contributed by atoms with Gasteiger partial charge < -0.3 is 0 Å². The molecule has 0 saturated heterocycles. The number of hydrogen-bond acceptors (Lipinski definition) is 0. The molecule has 5 aliphatic rings. The van der Waals surface area contributed by atoms with Gasteiger partial charge in [-0.3, -0.25) is 0 Å². The summed E-state index contributed by atoms with van der Waals surface area (Å²) >= 11 is 0. The first-order chi connectivity index (χ1) is 8.80. The first-order valence-corrected chi connectivity index (χ1v) is 8.80. The summed E-state index contributed by atoms with van der Waals surface area (Å²) in [6.07, 6.45) is 14.3. The molecule has 0 aliphatic heterocycles. The second kappa shape index (κ2) is 3.36. The molecule has 5 saturated carbocycles. The van der Waals surface area contributed by atoms with Crippen LogP contribution >= 0.6 is 0 Å². The van der Waals surface area contributed by atoms with E-state index in [0.29, 0.717) is 0 Å². The lowest BCUT2D eigenvalue weighted by atomic mass is 9.77. The van der Waals surface area contributed by atoms with Crippen molar-refractivity contribution in [3.63, 3.8) is 0 Å². The van der Waals surface area contributed by atoms with Gasteiger partial charge in [-0.1, -0.05) is 32.6 Å². The molecule has 0 heterocycles. The van der Waals surface area contributed by atoms with Crippen LogP contribution in [0.15, 0.2) is 0 Å². The number of rotatable bonds is 5. The molecule has 5 fully saturated rings. The molecule has 5 aliphatic carbocycles. The van der Waals surface area contributed by atoms with E-state index in [9.17, 15) is 0 Å². The van der Waals surface area contributed by atoms with Crippen LogP contribution < -0.4 is 0 Å². The Morgan fingerprint density at radius 3 is 2.56 bits per heavy atom. The fourth-order valence-corrected chi connectivity index (χ4v) is 6.77. The Hall–Kier alpha value is 0. The molecule has 6 atom stereocenters.